The van der Waals surface area contributed by atoms with Crippen LogP contribution in [0.2, 0.25) is 0 Å². The summed E-state index contributed by atoms with van der Waals surface area (Å²) in [5.41, 5.74) is 8.99. The van der Waals surface area contributed by atoms with E-state index in [0.717, 1.165) is 85.9 Å². The number of fused-ring (bicyclic) bond motifs is 6. The summed E-state index contributed by atoms with van der Waals surface area (Å²) >= 11 is 0. The van der Waals surface area contributed by atoms with Gasteiger partial charge in [0.05, 0.1) is 48.4 Å². The van der Waals surface area contributed by atoms with Crippen LogP contribution in [0.1, 0.15) is 81.4 Å². The van der Waals surface area contributed by atoms with Crippen LogP contribution < -0.4 is 5.32 Å². The molecule has 0 bridgehead atoms. The number of imidazole rings is 1. The Bertz CT molecular complexity index is 2850. The number of nitrogens with one attached hydrogen (secondary N) is 2. The molecule has 3 aliphatic heterocycles. The molecule has 0 unspecified atom stereocenters. The number of aromatic amines is 1. The SMILES string of the molecule is CC#Cc1cc2[nH]c([C@@H]3CCCN3C(=O)[C@@H](NC(=O)OC)C(C)C)nc2c2ccc(-c3ccc4c5c(ccc4c3)N=C([C@@H]3C[C@H](COC)CN3C(=O)[C@H](C)c3ccccc3)C5)cc12. The predicted molar refractivity (Wildman–Crippen MR) is 248 cm³/mol. The first-order valence-corrected chi connectivity index (χ1v) is 22.1. The van der Waals surface area contributed by atoms with Crippen molar-refractivity contribution in [3.8, 4) is 23.0 Å². The highest BCUT2D eigenvalue weighted by Crippen LogP contribution is 2.41. The third-order valence-corrected chi connectivity index (χ3v) is 13.3. The molecule has 4 heterocycles. The molecule has 11 heteroatoms. The lowest BCUT2D eigenvalue weighted by atomic mass is 9.93. The lowest BCUT2D eigenvalue weighted by molar-refractivity contribution is -0.135. The summed E-state index contributed by atoms with van der Waals surface area (Å²) in [5, 5.41) is 7.02. The van der Waals surface area contributed by atoms with Crippen LogP contribution in [0.4, 0.5) is 10.5 Å². The first-order valence-electron chi connectivity index (χ1n) is 22.1. The van der Waals surface area contributed by atoms with E-state index in [4.69, 9.17) is 19.5 Å². The molecule has 6 aromatic rings. The molecule has 2 fully saturated rings. The normalized spacial score (nSPS) is 19.3. The molecule has 322 valence electrons. The van der Waals surface area contributed by atoms with Gasteiger partial charge in [0.1, 0.15) is 11.9 Å². The van der Waals surface area contributed by atoms with Crippen molar-refractivity contribution in [2.45, 2.75) is 77.4 Å². The van der Waals surface area contributed by atoms with Crippen LogP contribution in [0, 0.1) is 23.7 Å². The highest BCUT2D eigenvalue weighted by atomic mass is 16.5. The average molecular weight is 843 g/mol. The van der Waals surface area contributed by atoms with Crippen LogP contribution in [0.5, 0.6) is 0 Å². The Balaban J connectivity index is 0.995. The summed E-state index contributed by atoms with van der Waals surface area (Å²) in [6, 6.07) is 28.4. The van der Waals surface area contributed by atoms with Crippen molar-refractivity contribution in [3.05, 3.63) is 107 Å². The second-order valence-corrected chi connectivity index (χ2v) is 17.6. The Kier molecular flexibility index (Phi) is 11.5. The van der Waals surface area contributed by atoms with Crippen LogP contribution in [-0.4, -0.2) is 89.4 Å². The van der Waals surface area contributed by atoms with Crippen LogP contribution in [-0.2, 0) is 25.5 Å². The average Bonchev–Trinajstić information content (AvgIpc) is 4.13. The Morgan fingerprint density at radius 3 is 2.41 bits per heavy atom. The quantitative estimate of drug-likeness (QED) is 0.132. The van der Waals surface area contributed by atoms with Crippen molar-refractivity contribution in [3.63, 3.8) is 0 Å². The van der Waals surface area contributed by atoms with Crippen molar-refractivity contribution in [1.29, 1.82) is 0 Å². The molecule has 0 aliphatic carbocycles. The van der Waals surface area contributed by atoms with Crippen LogP contribution in [0.3, 0.4) is 0 Å². The van der Waals surface area contributed by atoms with Crippen LogP contribution in [0.15, 0.2) is 89.9 Å². The fourth-order valence-electron chi connectivity index (χ4n) is 10.1. The molecular formula is C52H54N6O5. The number of aliphatic imine (C=N–C) groups is 1. The predicted octanol–water partition coefficient (Wildman–Crippen LogP) is 9.25. The number of hydrogen-bond donors (Lipinski definition) is 2. The van der Waals surface area contributed by atoms with Gasteiger partial charge < -0.3 is 29.6 Å². The van der Waals surface area contributed by atoms with E-state index >= 15 is 0 Å². The number of alkyl carbamates (subject to hydrolysis) is 1. The standard InChI is InChI=1S/C52H54N6O5/c1-7-12-36-26-44-48(55-49(54-44)45-15-11-22-57(45)51(60)47(30(2)3)56-52(61)63-6)39-20-17-35(25-40(36)39)34-16-19-38-37(24-34)18-21-42-41(38)27-43(53-42)46-23-32(29-62-5)28-58(46)50(59)31(4)33-13-9-8-10-14-33/h8-10,13-14,16-21,24-26,30-32,45-47H,11,15,22-23,27-29H2,1-6H3,(H,54,55)(H,56,61)/t31-,32+,45+,46+,47+/m1/s1. The summed E-state index contributed by atoms with van der Waals surface area (Å²) < 4.78 is 10.4. The molecule has 2 N–H and O–H groups in total. The molecule has 11 nitrogen and oxygen atoms in total. The minimum absolute atomic E-state index is 0.0761. The number of carbonyl (C=O) groups excluding carboxylic acids is 3. The zero-order valence-corrected chi connectivity index (χ0v) is 36.8. The van der Waals surface area contributed by atoms with E-state index in [0.29, 0.717) is 26.1 Å². The molecule has 0 saturated carbocycles. The number of carbonyl (C=O) groups is 3. The number of benzene rings is 5. The molecular weight excluding hydrogens is 789 g/mol. The number of rotatable bonds is 10. The number of aromatic nitrogens is 2. The minimum atomic E-state index is -0.710. The second-order valence-electron chi connectivity index (χ2n) is 17.6. The number of methoxy groups -OCH3 is 2. The van der Waals surface area contributed by atoms with E-state index in [2.05, 4.69) is 81.6 Å². The minimum Gasteiger partial charge on any atom is -0.453 e. The monoisotopic (exact) mass is 842 g/mol. The van der Waals surface area contributed by atoms with Gasteiger partial charge in [0.2, 0.25) is 11.8 Å². The van der Waals surface area contributed by atoms with Crippen molar-refractivity contribution in [2.75, 3.05) is 33.9 Å². The molecule has 2 saturated heterocycles. The Morgan fingerprint density at radius 2 is 1.67 bits per heavy atom. The first-order chi connectivity index (χ1) is 30.6. The largest absolute Gasteiger partial charge is 0.453 e. The Hall–Kier alpha value is -6.51. The van der Waals surface area contributed by atoms with Gasteiger partial charge in [-0.1, -0.05) is 80.4 Å². The Labute approximate surface area is 368 Å². The second kappa shape index (κ2) is 17.3. The number of ether oxygens (including phenoxy) is 2. The van der Waals surface area contributed by atoms with Gasteiger partial charge in [-0.25, -0.2) is 9.78 Å². The molecule has 9 rings (SSSR count). The zero-order valence-electron chi connectivity index (χ0n) is 36.8. The van der Waals surface area contributed by atoms with Crippen LogP contribution >= 0.6 is 0 Å². The molecule has 3 aliphatic rings. The number of hydrogen-bond acceptors (Lipinski definition) is 7. The van der Waals surface area contributed by atoms with Gasteiger partial charge in [-0.15, -0.1) is 5.92 Å². The molecule has 0 spiro atoms. The van der Waals surface area contributed by atoms with Gasteiger partial charge in [0.25, 0.3) is 0 Å². The summed E-state index contributed by atoms with van der Waals surface area (Å²) in [7, 11) is 3.03. The maximum Gasteiger partial charge on any atom is 0.407 e. The lowest BCUT2D eigenvalue weighted by Crippen LogP contribution is -2.51. The van der Waals surface area contributed by atoms with E-state index < -0.39 is 12.1 Å². The molecule has 5 aromatic carbocycles. The van der Waals surface area contributed by atoms with Gasteiger partial charge in [0, 0.05) is 54.6 Å². The number of likely N-dealkylation sites (tertiary alicyclic amines) is 2. The van der Waals surface area contributed by atoms with Gasteiger partial charge in [-0.3, -0.25) is 14.6 Å². The molecule has 5 atom stereocenters. The topological polar surface area (TPSA) is 129 Å². The lowest BCUT2D eigenvalue weighted by Gasteiger charge is -2.29. The fraction of sp³-hybridized carbons (Fsp3) is 0.365. The van der Waals surface area contributed by atoms with Crippen LogP contribution in [0.25, 0.3) is 43.7 Å². The highest BCUT2D eigenvalue weighted by Gasteiger charge is 2.41. The van der Waals surface area contributed by atoms with Gasteiger partial charge in [0.15, 0.2) is 0 Å². The molecule has 0 radical (unpaired) electrons. The summed E-state index contributed by atoms with van der Waals surface area (Å²) in [5.74, 6) is 7.05. The number of H-pyrrole nitrogens is 1. The fourth-order valence-corrected chi connectivity index (χ4v) is 10.1. The van der Waals surface area contributed by atoms with E-state index in [-0.39, 0.29) is 41.7 Å². The summed E-state index contributed by atoms with van der Waals surface area (Å²) in [4.78, 5) is 57.9. The number of amides is 3. The van der Waals surface area contributed by atoms with Gasteiger partial charge in [-0.2, -0.15) is 0 Å². The maximum atomic E-state index is 14.1. The first kappa shape index (κ1) is 41.8. The molecule has 1 aromatic heterocycles. The number of nitrogens with zero attached hydrogens (tertiary/aromatic N) is 4. The third-order valence-electron chi connectivity index (χ3n) is 13.3. The zero-order chi connectivity index (χ0) is 43.9. The van der Waals surface area contributed by atoms with Gasteiger partial charge in [-0.05, 0) is 96.3 Å². The third kappa shape index (κ3) is 7.82. The van der Waals surface area contributed by atoms with E-state index in [1.165, 1.54) is 18.1 Å². The van der Waals surface area contributed by atoms with E-state index in [1.54, 1.807) is 7.11 Å². The smallest absolute Gasteiger partial charge is 0.407 e. The summed E-state index contributed by atoms with van der Waals surface area (Å²) in [6.45, 7) is 9.53. The molecule has 63 heavy (non-hydrogen) atoms. The van der Waals surface area contributed by atoms with E-state index in [1.807, 2.05) is 62.9 Å². The van der Waals surface area contributed by atoms with Crippen molar-refractivity contribution in [2.24, 2.45) is 16.8 Å². The molecule has 3 amide bonds. The maximum absolute atomic E-state index is 14.1. The Morgan fingerprint density at radius 1 is 0.889 bits per heavy atom. The van der Waals surface area contributed by atoms with Crippen molar-refractivity contribution in [1.82, 2.24) is 25.1 Å². The van der Waals surface area contributed by atoms with Crippen molar-refractivity contribution >= 4 is 61.9 Å². The summed E-state index contributed by atoms with van der Waals surface area (Å²) in [6.07, 6.45) is 2.51. The highest BCUT2D eigenvalue weighted by molar-refractivity contribution is 6.09. The van der Waals surface area contributed by atoms with Gasteiger partial charge >= 0.3 is 6.09 Å². The van der Waals surface area contributed by atoms with Crippen molar-refractivity contribution < 1.29 is 23.9 Å². The van der Waals surface area contributed by atoms with E-state index in [9.17, 15) is 14.4 Å².